The fourth-order valence-corrected chi connectivity index (χ4v) is 3.31. The van der Waals surface area contributed by atoms with Crippen LogP contribution in [0.25, 0.3) is 0 Å². The molecule has 0 saturated carbocycles. The first-order valence-electron chi connectivity index (χ1n) is 5.96. The van der Waals surface area contributed by atoms with Gasteiger partial charge in [-0.25, -0.2) is 0 Å². The van der Waals surface area contributed by atoms with Crippen LogP contribution in [-0.2, 0) is 5.41 Å². The lowest BCUT2D eigenvalue weighted by molar-refractivity contribution is 0.479. The van der Waals surface area contributed by atoms with Crippen LogP contribution in [0.4, 0.5) is 0 Å². The molecule has 0 amide bonds. The van der Waals surface area contributed by atoms with E-state index in [9.17, 15) is 0 Å². The monoisotopic (exact) mass is 282 g/mol. The van der Waals surface area contributed by atoms with Crippen LogP contribution < -0.4 is 0 Å². The Labute approximate surface area is 109 Å². The largest absolute Gasteiger partial charge is 0.0893 e. The van der Waals surface area contributed by atoms with Crippen molar-refractivity contribution in [2.24, 2.45) is 0 Å². The molecule has 1 rings (SSSR count). The molecule has 90 valence electrons. The Bertz CT molecular complexity index is 375. The summed E-state index contributed by atoms with van der Waals surface area (Å²) >= 11 is 3.67. The summed E-state index contributed by atoms with van der Waals surface area (Å²) in [6, 6.07) is 4.67. The Hall–Kier alpha value is -0.300. The number of halogens is 1. The second-order valence-corrected chi connectivity index (χ2v) is 7.18. The standard InChI is InChI=1S/C15H23Br/c1-10-7-12(3)14(8-11(10)2)15(5,6)9-13(4)16/h7-8,13H,9H2,1-6H3. The van der Waals surface area contributed by atoms with E-state index in [1.54, 1.807) is 0 Å². The maximum absolute atomic E-state index is 3.67. The summed E-state index contributed by atoms with van der Waals surface area (Å²) in [5, 5.41) is 0. The molecule has 1 atom stereocenters. The Balaban J connectivity index is 3.17. The fraction of sp³-hybridized carbons (Fsp3) is 0.600. The molecular formula is C15H23Br. The third-order valence-electron chi connectivity index (χ3n) is 3.36. The number of rotatable bonds is 3. The summed E-state index contributed by atoms with van der Waals surface area (Å²) in [4.78, 5) is 0.559. The van der Waals surface area contributed by atoms with Crippen LogP contribution in [0.15, 0.2) is 12.1 Å². The first-order chi connectivity index (χ1) is 7.24. The first-order valence-corrected chi connectivity index (χ1v) is 6.88. The molecule has 0 nitrogen and oxygen atoms in total. The summed E-state index contributed by atoms with van der Waals surface area (Å²) in [5.74, 6) is 0. The fourth-order valence-electron chi connectivity index (χ4n) is 2.50. The SMILES string of the molecule is Cc1cc(C)c(C(C)(C)CC(C)Br)cc1C. The molecule has 0 aliphatic heterocycles. The van der Waals surface area contributed by atoms with Gasteiger partial charge in [0.05, 0.1) is 0 Å². The van der Waals surface area contributed by atoms with Gasteiger partial charge in [0.15, 0.2) is 0 Å². The first kappa shape index (κ1) is 13.8. The predicted molar refractivity (Wildman–Crippen MR) is 76.7 cm³/mol. The van der Waals surface area contributed by atoms with Crippen LogP contribution in [-0.4, -0.2) is 4.83 Å². The van der Waals surface area contributed by atoms with Gasteiger partial charge < -0.3 is 0 Å². The lowest BCUT2D eigenvalue weighted by Crippen LogP contribution is -2.22. The highest BCUT2D eigenvalue weighted by Crippen LogP contribution is 2.33. The zero-order valence-electron chi connectivity index (χ0n) is 11.3. The van der Waals surface area contributed by atoms with E-state index in [0.29, 0.717) is 4.83 Å². The molecule has 0 aromatic heterocycles. The summed E-state index contributed by atoms with van der Waals surface area (Å²) in [6.07, 6.45) is 1.16. The molecule has 1 unspecified atom stereocenters. The zero-order valence-corrected chi connectivity index (χ0v) is 12.9. The van der Waals surface area contributed by atoms with Gasteiger partial charge >= 0.3 is 0 Å². The number of benzene rings is 1. The van der Waals surface area contributed by atoms with E-state index in [1.807, 2.05) is 0 Å². The van der Waals surface area contributed by atoms with Crippen molar-refractivity contribution in [2.45, 2.75) is 58.2 Å². The van der Waals surface area contributed by atoms with Crippen LogP contribution >= 0.6 is 15.9 Å². The zero-order chi connectivity index (χ0) is 12.5. The van der Waals surface area contributed by atoms with Gasteiger partial charge in [0.2, 0.25) is 0 Å². The maximum atomic E-state index is 3.67. The van der Waals surface area contributed by atoms with E-state index in [2.05, 4.69) is 69.6 Å². The molecule has 16 heavy (non-hydrogen) atoms. The summed E-state index contributed by atoms with van der Waals surface area (Å²) in [6.45, 7) is 13.5. The number of alkyl halides is 1. The van der Waals surface area contributed by atoms with E-state index in [0.717, 1.165) is 6.42 Å². The minimum Gasteiger partial charge on any atom is -0.0893 e. The lowest BCUT2D eigenvalue weighted by atomic mass is 9.77. The van der Waals surface area contributed by atoms with Gasteiger partial charge in [0.25, 0.3) is 0 Å². The third kappa shape index (κ3) is 3.10. The van der Waals surface area contributed by atoms with Crippen molar-refractivity contribution in [2.75, 3.05) is 0 Å². The highest BCUT2D eigenvalue weighted by molar-refractivity contribution is 9.09. The van der Waals surface area contributed by atoms with Crippen molar-refractivity contribution in [3.8, 4) is 0 Å². The average molecular weight is 283 g/mol. The predicted octanol–water partition coefficient (Wildman–Crippen LogP) is 5.06. The Morgan fingerprint density at radius 3 is 2.06 bits per heavy atom. The molecule has 0 fully saturated rings. The average Bonchev–Trinajstić information content (AvgIpc) is 2.08. The summed E-state index contributed by atoms with van der Waals surface area (Å²) in [7, 11) is 0. The molecule has 1 aromatic carbocycles. The number of hydrogen-bond donors (Lipinski definition) is 0. The molecule has 0 radical (unpaired) electrons. The summed E-state index contributed by atoms with van der Waals surface area (Å²) in [5.41, 5.74) is 5.94. The van der Waals surface area contributed by atoms with Gasteiger partial charge in [0, 0.05) is 4.83 Å². The van der Waals surface area contributed by atoms with Gasteiger partial charge in [-0.1, -0.05) is 48.8 Å². The van der Waals surface area contributed by atoms with E-state index >= 15 is 0 Å². The van der Waals surface area contributed by atoms with Crippen molar-refractivity contribution >= 4 is 15.9 Å². The third-order valence-corrected chi connectivity index (χ3v) is 3.69. The molecule has 0 spiro atoms. The highest BCUT2D eigenvalue weighted by atomic mass is 79.9. The molecule has 0 N–H and O–H groups in total. The highest BCUT2D eigenvalue weighted by Gasteiger charge is 2.24. The minimum atomic E-state index is 0.242. The lowest BCUT2D eigenvalue weighted by Gasteiger charge is -2.29. The van der Waals surface area contributed by atoms with Gasteiger partial charge in [0.1, 0.15) is 0 Å². The smallest absolute Gasteiger partial charge is 0.0125 e. The summed E-state index contributed by atoms with van der Waals surface area (Å²) < 4.78 is 0. The second-order valence-electron chi connectivity index (χ2n) is 5.62. The Morgan fingerprint density at radius 2 is 1.56 bits per heavy atom. The van der Waals surface area contributed by atoms with Crippen molar-refractivity contribution in [3.63, 3.8) is 0 Å². The van der Waals surface area contributed by atoms with Crippen molar-refractivity contribution in [1.82, 2.24) is 0 Å². The van der Waals surface area contributed by atoms with E-state index < -0.39 is 0 Å². The van der Waals surface area contributed by atoms with Gasteiger partial charge in [-0.15, -0.1) is 0 Å². The topological polar surface area (TPSA) is 0 Å². The molecular weight excluding hydrogens is 260 g/mol. The molecule has 0 heterocycles. The van der Waals surface area contributed by atoms with Crippen LogP contribution in [0.1, 0.15) is 49.4 Å². The van der Waals surface area contributed by atoms with Crippen molar-refractivity contribution in [1.29, 1.82) is 0 Å². The van der Waals surface area contributed by atoms with Crippen LogP contribution in [0, 0.1) is 20.8 Å². The molecule has 0 aliphatic rings. The quantitative estimate of drug-likeness (QED) is 0.680. The van der Waals surface area contributed by atoms with Crippen LogP contribution in [0.3, 0.4) is 0 Å². The number of hydrogen-bond acceptors (Lipinski definition) is 0. The van der Waals surface area contributed by atoms with E-state index in [-0.39, 0.29) is 5.41 Å². The molecule has 0 aliphatic carbocycles. The Morgan fingerprint density at radius 1 is 1.06 bits per heavy atom. The van der Waals surface area contributed by atoms with Crippen molar-refractivity contribution < 1.29 is 0 Å². The molecule has 0 bridgehead atoms. The molecule has 1 aromatic rings. The van der Waals surface area contributed by atoms with Crippen LogP contribution in [0.2, 0.25) is 0 Å². The van der Waals surface area contributed by atoms with Crippen LogP contribution in [0.5, 0.6) is 0 Å². The van der Waals surface area contributed by atoms with E-state index in [1.165, 1.54) is 22.3 Å². The molecule has 1 heteroatoms. The maximum Gasteiger partial charge on any atom is 0.0125 e. The minimum absolute atomic E-state index is 0.242. The van der Waals surface area contributed by atoms with Gasteiger partial charge in [-0.3, -0.25) is 0 Å². The van der Waals surface area contributed by atoms with Gasteiger partial charge in [-0.05, 0) is 54.9 Å². The normalized spacial score (nSPS) is 13.9. The van der Waals surface area contributed by atoms with Crippen molar-refractivity contribution in [3.05, 3.63) is 34.4 Å². The van der Waals surface area contributed by atoms with E-state index in [4.69, 9.17) is 0 Å². The second kappa shape index (κ2) is 4.91. The number of aryl methyl sites for hydroxylation is 3. The molecule has 0 saturated heterocycles. The van der Waals surface area contributed by atoms with Gasteiger partial charge in [-0.2, -0.15) is 0 Å². The Kier molecular flexibility index (Phi) is 4.23.